The van der Waals surface area contributed by atoms with Crippen molar-refractivity contribution in [3.8, 4) is 0 Å². The van der Waals surface area contributed by atoms with Crippen LogP contribution in [0.2, 0.25) is 0 Å². The molecule has 2 amide bonds. The first-order valence-corrected chi connectivity index (χ1v) is 9.96. The lowest BCUT2D eigenvalue weighted by atomic mass is 10.1. The van der Waals surface area contributed by atoms with Crippen LogP contribution in [0.4, 0.5) is 5.69 Å². The molecule has 13 nitrogen and oxygen atoms in total. The minimum absolute atomic E-state index is 0.0187. The van der Waals surface area contributed by atoms with Gasteiger partial charge in [-0.25, -0.2) is 9.68 Å². The first-order chi connectivity index (χ1) is 15.4. The number of aliphatic carboxylic acids is 1. The van der Waals surface area contributed by atoms with Gasteiger partial charge >= 0.3 is 5.97 Å². The summed E-state index contributed by atoms with van der Waals surface area (Å²) in [6.07, 6.45) is 0.399. The molecule has 8 N–H and O–H groups in total. The van der Waals surface area contributed by atoms with Gasteiger partial charge in [-0.15, -0.1) is 0 Å². The lowest BCUT2D eigenvalue weighted by Gasteiger charge is -2.30. The summed E-state index contributed by atoms with van der Waals surface area (Å²) in [5.74, 6) is -1.60. The molecule has 32 heavy (non-hydrogen) atoms. The van der Waals surface area contributed by atoms with Crippen molar-refractivity contribution in [3.63, 3.8) is 0 Å². The van der Waals surface area contributed by atoms with Crippen molar-refractivity contribution in [2.24, 2.45) is 15.7 Å². The molecule has 0 aromatic heterocycles. The number of fused-ring (bicyclic) bond motifs is 1. The molecule has 0 fully saturated rings. The van der Waals surface area contributed by atoms with E-state index in [1.165, 1.54) is 0 Å². The van der Waals surface area contributed by atoms with Gasteiger partial charge in [0.1, 0.15) is 12.1 Å². The number of hydrogen-bond acceptors (Lipinski definition) is 10. The molecule has 1 aromatic carbocycles. The number of carboxylic acid groups (broad SMARTS) is 1. The van der Waals surface area contributed by atoms with Gasteiger partial charge in [0.2, 0.25) is 5.96 Å². The first kappa shape index (κ1) is 23.1. The van der Waals surface area contributed by atoms with Gasteiger partial charge in [0.25, 0.3) is 11.8 Å². The van der Waals surface area contributed by atoms with E-state index in [9.17, 15) is 19.5 Å². The Hall–Kier alpha value is -3.55. The van der Waals surface area contributed by atoms with Gasteiger partial charge in [-0.1, -0.05) is 0 Å². The van der Waals surface area contributed by atoms with Gasteiger partial charge in [0.15, 0.2) is 5.84 Å². The number of rotatable bonds is 10. The molecule has 3 atom stereocenters. The van der Waals surface area contributed by atoms with E-state index in [0.717, 1.165) is 5.69 Å². The maximum Gasteiger partial charge on any atom is 0.326 e. The maximum atomic E-state index is 12.3. The highest BCUT2D eigenvalue weighted by atomic mass is 17.1. The molecule has 0 spiro atoms. The Balaban J connectivity index is 1.51. The number of nitrogens with zero attached hydrogens (tertiary/aromatic N) is 2. The fourth-order valence-electron chi connectivity index (χ4n) is 3.26. The highest BCUT2D eigenvalue weighted by Gasteiger charge is 2.34. The molecule has 0 bridgehead atoms. The van der Waals surface area contributed by atoms with Crippen LogP contribution in [0.3, 0.4) is 0 Å². The van der Waals surface area contributed by atoms with Crippen LogP contribution in [0.5, 0.6) is 0 Å². The minimum Gasteiger partial charge on any atom is -0.480 e. The molecule has 2 heterocycles. The second kappa shape index (κ2) is 10.7. The van der Waals surface area contributed by atoms with E-state index in [1.54, 1.807) is 24.3 Å². The number of carboxylic acids is 1. The molecule has 2 aliphatic heterocycles. The van der Waals surface area contributed by atoms with Crippen LogP contribution in [0.1, 0.15) is 23.2 Å². The summed E-state index contributed by atoms with van der Waals surface area (Å²) >= 11 is 0. The first-order valence-electron chi connectivity index (χ1n) is 9.96. The Kier molecular flexibility index (Phi) is 7.70. The number of amidine groups is 1. The summed E-state index contributed by atoms with van der Waals surface area (Å²) in [5, 5.41) is 28.8. The number of nitrogens with one attached hydrogen (secondary N) is 4. The van der Waals surface area contributed by atoms with Crippen molar-refractivity contribution in [1.29, 1.82) is 0 Å². The van der Waals surface area contributed by atoms with Crippen molar-refractivity contribution < 1.29 is 29.6 Å². The van der Waals surface area contributed by atoms with E-state index >= 15 is 0 Å². The number of guanidine groups is 1. The number of amides is 2. The SMILES string of the molecule is NC1=NC2=NC[C@H](CNc3ccc(C(=O)N[C@@H](CCCOO)C(=O)O)cc3)N[C@@H]2C(=O)N1. The highest BCUT2D eigenvalue weighted by Crippen LogP contribution is 2.12. The van der Waals surface area contributed by atoms with Crippen molar-refractivity contribution in [2.45, 2.75) is 31.0 Å². The molecular formula is C19H25N7O6. The van der Waals surface area contributed by atoms with Crippen LogP contribution in [0.15, 0.2) is 34.3 Å². The molecular weight excluding hydrogens is 422 g/mol. The van der Waals surface area contributed by atoms with Gasteiger partial charge in [-0.3, -0.25) is 30.5 Å². The Morgan fingerprint density at radius 1 is 1.31 bits per heavy atom. The van der Waals surface area contributed by atoms with E-state index in [2.05, 4.69) is 36.1 Å². The van der Waals surface area contributed by atoms with Gasteiger partial charge < -0.3 is 21.5 Å². The summed E-state index contributed by atoms with van der Waals surface area (Å²) in [4.78, 5) is 47.9. The van der Waals surface area contributed by atoms with Crippen LogP contribution < -0.4 is 27.0 Å². The van der Waals surface area contributed by atoms with Crippen molar-refractivity contribution >= 4 is 35.3 Å². The Morgan fingerprint density at radius 3 is 2.75 bits per heavy atom. The fraction of sp³-hybridized carbons (Fsp3) is 0.421. The summed E-state index contributed by atoms with van der Waals surface area (Å²) in [7, 11) is 0. The highest BCUT2D eigenvalue weighted by molar-refractivity contribution is 6.19. The lowest BCUT2D eigenvalue weighted by molar-refractivity contribution is -0.242. The Morgan fingerprint density at radius 2 is 2.06 bits per heavy atom. The average Bonchev–Trinajstić information content (AvgIpc) is 2.77. The second-order valence-electron chi connectivity index (χ2n) is 7.28. The van der Waals surface area contributed by atoms with E-state index in [4.69, 9.17) is 11.0 Å². The topological polar surface area (TPSA) is 200 Å². The van der Waals surface area contributed by atoms with Crippen molar-refractivity contribution in [2.75, 3.05) is 25.0 Å². The van der Waals surface area contributed by atoms with E-state index in [-0.39, 0.29) is 37.4 Å². The number of hydrogen-bond donors (Lipinski definition) is 7. The predicted molar refractivity (Wildman–Crippen MR) is 114 cm³/mol. The number of nitrogens with two attached hydrogens (primary N) is 1. The van der Waals surface area contributed by atoms with E-state index in [0.29, 0.717) is 24.5 Å². The summed E-state index contributed by atoms with van der Waals surface area (Å²) < 4.78 is 0. The predicted octanol–water partition coefficient (Wildman–Crippen LogP) is -1.27. The van der Waals surface area contributed by atoms with E-state index in [1.807, 2.05) is 0 Å². The largest absolute Gasteiger partial charge is 0.480 e. The Bertz CT molecular complexity index is 917. The van der Waals surface area contributed by atoms with Crippen LogP contribution in [-0.2, 0) is 14.5 Å². The zero-order chi connectivity index (χ0) is 23.1. The monoisotopic (exact) mass is 447 g/mol. The summed E-state index contributed by atoms with van der Waals surface area (Å²) in [6, 6.07) is 4.68. The van der Waals surface area contributed by atoms with Gasteiger partial charge in [0, 0.05) is 23.8 Å². The minimum atomic E-state index is -1.17. The molecule has 172 valence electrons. The number of carbonyl (C=O) groups excluding carboxylic acids is 2. The number of aliphatic imine (C=N–C) groups is 2. The van der Waals surface area contributed by atoms with Gasteiger partial charge in [-0.05, 0) is 37.1 Å². The number of benzene rings is 1. The summed E-state index contributed by atoms with van der Waals surface area (Å²) in [6.45, 7) is 0.871. The molecule has 0 radical (unpaired) electrons. The van der Waals surface area contributed by atoms with Crippen LogP contribution >= 0.6 is 0 Å². The molecule has 0 saturated carbocycles. The molecule has 13 heteroatoms. The summed E-state index contributed by atoms with van der Waals surface area (Å²) in [5.41, 5.74) is 6.57. The van der Waals surface area contributed by atoms with Gasteiger partial charge in [0.05, 0.1) is 13.2 Å². The third-order valence-corrected chi connectivity index (χ3v) is 4.91. The fourth-order valence-corrected chi connectivity index (χ4v) is 3.26. The van der Waals surface area contributed by atoms with Crippen molar-refractivity contribution in [3.05, 3.63) is 29.8 Å². The second-order valence-corrected chi connectivity index (χ2v) is 7.28. The number of anilines is 1. The molecule has 0 saturated heterocycles. The van der Waals surface area contributed by atoms with Crippen LogP contribution in [0, 0.1) is 0 Å². The normalized spacial score (nSPS) is 20.8. The van der Waals surface area contributed by atoms with Crippen LogP contribution in [0.25, 0.3) is 0 Å². The Labute approximate surface area is 183 Å². The zero-order valence-electron chi connectivity index (χ0n) is 17.1. The third kappa shape index (κ3) is 6.00. The molecule has 0 aliphatic carbocycles. The van der Waals surface area contributed by atoms with E-state index < -0.39 is 24.0 Å². The molecule has 0 unspecified atom stereocenters. The zero-order valence-corrected chi connectivity index (χ0v) is 17.1. The number of carbonyl (C=O) groups is 3. The average molecular weight is 447 g/mol. The smallest absolute Gasteiger partial charge is 0.326 e. The molecule has 2 aliphatic rings. The lowest BCUT2D eigenvalue weighted by Crippen LogP contribution is -2.62. The quantitative estimate of drug-likeness (QED) is 0.130. The molecule has 1 aromatic rings. The van der Waals surface area contributed by atoms with Crippen LogP contribution in [-0.4, -0.2) is 77.8 Å². The van der Waals surface area contributed by atoms with Gasteiger partial charge in [-0.2, -0.15) is 4.99 Å². The maximum absolute atomic E-state index is 12.3. The molecule has 3 rings (SSSR count). The standard InChI is InChI=1S/C19H25N7O6/c20-19-25-15-14(17(28)26-19)23-12(9-22-15)8-21-11-5-3-10(4-6-11)16(27)24-13(18(29)30)2-1-7-32-31/h3-6,12-14,21,23,31H,1-2,7-9H2,(H,24,27)(H,29,30)(H3,20,22,25,26,28)/t12-,13-,14-/m0/s1. The van der Waals surface area contributed by atoms with Crippen molar-refractivity contribution in [1.82, 2.24) is 16.0 Å². The third-order valence-electron chi connectivity index (χ3n) is 4.91.